The summed E-state index contributed by atoms with van der Waals surface area (Å²) in [6.07, 6.45) is 1.66. The standard InChI is InChI=1S/C12H10BrClN2S/c13-9-2-1-8(11(14)5-9)7-17-12-4-3-10(15)6-16-12/h1-6H,7,15H2. The number of aromatic nitrogens is 1. The van der Waals surface area contributed by atoms with Gasteiger partial charge in [0.1, 0.15) is 0 Å². The third-order valence-electron chi connectivity index (χ3n) is 2.15. The number of hydrogen-bond acceptors (Lipinski definition) is 3. The summed E-state index contributed by atoms with van der Waals surface area (Å²) in [4.78, 5) is 4.23. The normalized spacial score (nSPS) is 10.5. The molecule has 0 aliphatic rings. The first-order valence-electron chi connectivity index (χ1n) is 4.93. The lowest BCUT2D eigenvalue weighted by atomic mass is 10.2. The zero-order valence-electron chi connectivity index (χ0n) is 8.86. The van der Waals surface area contributed by atoms with Gasteiger partial charge in [-0.2, -0.15) is 0 Å². The van der Waals surface area contributed by atoms with Crippen LogP contribution in [0.5, 0.6) is 0 Å². The summed E-state index contributed by atoms with van der Waals surface area (Å²) in [5.41, 5.74) is 7.35. The lowest BCUT2D eigenvalue weighted by Gasteiger charge is -2.04. The molecule has 0 fully saturated rings. The molecule has 17 heavy (non-hydrogen) atoms. The Hall–Kier alpha value is -0.710. The number of rotatable bonds is 3. The van der Waals surface area contributed by atoms with Gasteiger partial charge in [0.25, 0.3) is 0 Å². The van der Waals surface area contributed by atoms with E-state index in [1.54, 1.807) is 18.0 Å². The zero-order valence-corrected chi connectivity index (χ0v) is 12.0. The Morgan fingerprint density at radius 3 is 2.76 bits per heavy atom. The van der Waals surface area contributed by atoms with Crippen molar-refractivity contribution in [3.05, 3.63) is 51.6 Å². The average Bonchev–Trinajstić information content (AvgIpc) is 2.30. The van der Waals surface area contributed by atoms with Crippen molar-refractivity contribution >= 4 is 45.0 Å². The number of hydrogen-bond donors (Lipinski definition) is 1. The van der Waals surface area contributed by atoms with Gasteiger partial charge in [-0.1, -0.05) is 33.6 Å². The summed E-state index contributed by atoms with van der Waals surface area (Å²) >= 11 is 11.2. The van der Waals surface area contributed by atoms with Crippen LogP contribution < -0.4 is 5.73 Å². The van der Waals surface area contributed by atoms with Gasteiger partial charge >= 0.3 is 0 Å². The third-order valence-corrected chi connectivity index (χ3v) is 3.99. The number of anilines is 1. The molecule has 0 unspecified atom stereocenters. The Bertz CT molecular complexity index is 516. The SMILES string of the molecule is Nc1ccc(SCc2ccc(Br)cc2Cl)nc1. The van der Waals surface area contributed by atoms with Crippen LogP contribution in [0.1, 0.15) is 5.56 Å². The molecule has 0 amide bonds. The number of pyridine rings is 1. The molecular formula is C12H10BrClN2S. The van der Waals surface area contributed by atoms with Crippen LogP contribution in [-0.4, -0.2) is 4.98 Å². The van der Waals surface area contributed by atoms with Crippen LogP contribution in [-0.2, 0) is 5.75 Å². The van der Waals surface area contributed by atoms with Gasteiger partial charge in [0, 0.05) is 15.2 Å². The zero-order chi connectivity index (χ0) is 12.3. The van der Waals surface area contributed by atoms with E-state index < -0.39 is 0 Å². The van der Waals surface area contributed by atoms with Crippen LogP contribution in [0.2, 0.25) is 5.02 Å². The van der Waals surface area contributed by atoms with E-state index in [1.807, 2.05) is 30.3 Å². The summed E-state index contributed by atoms with van der Waals surface area (Å²) in [5.74, 6) is 0.795. The van der Waals surface area contributed by atoms with Gasteiger partial charge in [-0.3, -0.25) is 0 Å². The van der Waals surface area contributed by atoms with Gasteiger partial charge in [0.2, 0.25) is 0 Å². The molecule has 2 aromatic rings. The Morgan fingerprint density at radius 2 is 2.12 bits per heavy atom. The number of nitrogen functional groups attached to an aromatic ring is 1. The second kappa shape index (κ2) is 5.76. The van der Waals surface area contributed by atoms with Crippen molar-refractivity contribution in [3.8, 4) is 0 Å². The minimum Gasteiger partial charge on any atom is -0.397 e. The van der Waals surface area contributed by atoms with Crippen LogP contribution in [0, 0.1) is 0 Å². The average molecular weight is 330 g/mol. The summed E-state index contributed by atoms with van der Waals surface area (Å²) in [6, 6.07) is 9.65. The summed E-state index contributed by atoms with van der Waals surface area (Å²) in [6.45, 7) is 0. The van der Waals surface area contributed by atoms with Crippen molar-refractivity contribution in [1.82, 2.24) is 4.98 Å². The second-order valence-electron chi connectivity index (χ2n) is 3.45. The highest BCUT2D eigenvalue weighted by molar-refractivity contribution is 9.10. The van der Waals surface area contributed by atoms with Crippen molar-refractivity contribution in [2.45, 2.75) is 10.8 Å². The molecule has 2 nitrogen and oxygen atoms in total. The van der Waals surface area contributed by atoms with E-state index in [-0.39, 0.29) is 0 Å². The van der Waals surface area contributed by atoms with Crippen LogP contribution in [0.15, 0.2) is 46.0 Å². The van der Waals surface area contributed by atoms with E-state index >= 15 is 0 Å². The van der Waals surface area contributed by atoms with Crippen LogP contribution >= 0.6 is 39.3 Å². The molecule has 0 bridgehead atoms. The van der Waals surface area contributed by atoms with E-state index in [0.29, 0.717) is 5.69 Å². The van der Waals surface area contributed by atoms with Crippen molar-refractivity contribution in [3.63, 3.8) is 0 Å². The molecule has 2 rings (SSSR count). The maximum absolute atomic E-state index is 6.14. The fourth-order valence-corrected chi connectivity index (χ4v) is 2.93. The van der Waals surface area contributed by atoms with E-state index in [1.165, 1.54) is 0 Å². The molecule has 88 valence electrons. The Labute approximate surface area is 118 Å². The van der Waals surface area contributed by atoms with Crippen molar-refractivity contribution in [2.75, 3.05) is 5.73 Å². The molecule has 0 saturated heterocycles. The maximum Gasteiger partial charge on any atom is 0.0964 e. The fraction of sp³-hybridized carbons (Fsp3) is 0.0833. The topological polar surface area (TPSA) is 38.9 Å². The van der Waals surface area contributed by atoms with Gasteiger partial charge in [-0.15, -0.1) is 11.8 Å². The predicted molar refractivity (Wildman–Crippen MR) is 77.4 cm³/mol. The van der Waals surface area contributed by atoms with Crippen LogP contribution in [0.4, 0.5) is 5.69 Å². The number of thioether (sulfide) groups is 1. The first kappa shape index (κ1) is 12.7. The summed E-state index contributed by atoms with van der Waals surface area (Å²) in [7, 11) is 0. The predicted octanol–water partition coefficient (Wildman–Crippen LogP) is 4.37. The quantitative estimate of drug-likeness (QED) is 0.850. The molecule has 1 aromatic carbocycles. The fourth-order valence-electron chi connectivity index (χ4n) is 1.27. The molecule has 0 saturated carbocycles. The largest absolute Gasteiger partial charge is 0.397 e. The Kier molecular flexibility index (Phi) is 4.31. The van der Waals surface area contributed by atoms with Crippen molar-refractivity contribution in [1.29, 1.82) is 0 Å². The smallest absolute Gasteiger partial charge is 0.0964 e. The molecule has 1 heterocycles. The van der Waals surface area contributed by atoms with Crippen molar-refractivity contribution in [2.24, 2.45) is 0 Å². The molecule has 2 N–H and O–H groups in total. The van der Waals surface area contributed by atoms with E-state index in [2.05, 4.69) is 20.9 Å². The number of nitrogens with two attached hydrogens (primary N) is 1. The Morgan fingerprint density at radius 1 is 1.29 bits per heavy atom. The highest BCUT2D eigenvalue weighted by atomic mass is 79.9. The lowest BCUT2D eigenvalue weighted by Crippen LogP contribution is -1.88. The molecule has 1 aromatic heterocycles. The molecule has 5 heteroatoms. The highest BCUT2D eigenvalue weighted by Crippen LogP contribution is 2.27. The van der Waals surface area contributed by atoms with Gasteiger partial charge in [0.15, 0.2) is 0 Å². The minimum absolute atomic E-state index is 0.677. The molecule has 0 aliphatic heterocycles. The van der Waals surface area contributed by atoms with E-state index in [4.69, 9.17) is 17.3 Å². The molecule has 0 atom stereocenters. The Balaban J connectivity index is 2.04. The molecule has 0 aliphatic carbocycles. The van der Waals surface area contributed by atoms with Gasteiger partial charge in [-0.05, 0) is 29.8 Å². The first-order chi connectivity index (χ1) is 8.15. The second-order valence-corrected chi connectivity index (χ2v) is 5.77. The molecule has 0 radical (unpaired) electrons. The number of nitrogens with zero attached hydrogens (tertiary/aromatic N) is 1. The number of halogens is 2. The van der Waals surface area contributed by atoms with Crippen LogP contribution in [0.25, 0.3) is 0 Å². The maximum atomic E-state index is 6.14. The lowest BCUT2D eigenvalue weighted by molar-refractivity contribution is 1.13. The highest BCUT2D eigenvalue weighted by Gasteiger charge is 2.03. The first-order valence-corrected chi connectivity index (χ1v) is 7.09. The molecular weight excluding hydrogens is 320 g/mol. The van der Waals surface area contributed by atoms with Gasteiger partial charge in [0.05, 0.1) is 16.9 Å². The van der Waals surface area contributed by atoms with Gasteiger partial charge in [-0.25, -0.2) is 4.98 Å². The summed E-state index contributed by atoms with van der Waals surface area (Å²) < 4.78 is 0.988. The van der Waals surface area contributed by atoms with E-state index in [0.717, 1.165) is 25.8 Å². The number of benzene rings is 1. The van der Waals surface area contributed by atoms with Gasteiger partial charge < -0.3 is 5.73 Å². The van der Waals surface area contributed by atoms with Crippen LogP contribution in [0.3, 0.4) is 0 Å². The third kappa shape index (κ3) is 3.63. The van der Waals surface area contributed by atoms with Crippen molar-refractivity contribution < 1.29 is 0 Å². The summed E-state index contributed by atoms with van der Waals surface area (Å²) in [5, 5.41) is 1.71. The van der Waals surface area contributed by atoms with E-state index in [9.17, 15) is 0 Å². The monoisotopic (exact) mass is 328 g/mol. The minimum atomic E-state index is 0.677. The molecule has 0 spiro atoms.